The summed E-state index contributed by atoms with van der Waals surface area (Å²) in [5, 5.41) is 0. The first-order valence-electron chi connectivity index (χ1n) is 8.12. The van der Waals surface area contributed by atoms with Gasteiger partial charge in [0.15, 0.2) is 11.6 Å². The second-order valence-corrected chi connectivity index (χ2v) is 5.38. The number of ether oxygens (including phenoxy) is 2. The molecule has 2 aromatic rings. The maximum Gasteiger partial charge on any atom is 0.269 e. The van der Waals surface area contributed by atoms with E-state index in [-0.39, 0.29) is 5.91 Å². The van der Waals surface area contributed by atoms with Gasteiger partial charge in [-0.2, -0.15) is 0 Å². The predicted octanol–water partition coefficient (Wildman–Crippen LogP) is 0.915. The molecule has 1 aromatic carbocycles. The Kier molecular flexibility index (Phi) is 7.59. The van der Waals surface area contributed by atoms with Crippen molar-refractivity contribution in [1.82, 2.24) is 15.4 Å². The molecule has 2 rings (SSSR count). The first-order chi connectivity index (χ1) is 12.7. The minimum absolute atomic E-state index is 0.291. The number of nitrogen functional groups attached to an aromatic ring is 1. The standard InChI is InChI=1S/C17H24N6O3/c1-25-10-8-23(9-11-26-2)16-14(18)15(19-12-20-16)21-22-17(24)13-6-4-3-5-7-13/h3-7,12H,8-11,18H2,1-2H3,(H,22,24)(H,19,20,21). The normalized spacial score (nSPS) is 10.4. The molecule has 0 aliphatic rings. The molecule has 0 fully saturated rings. The summed E-state index contributed by atoms with van der Waals surface area (Å²) in [6, 6.07) is 8.84. The molecule has 0 atom stereocenters. The molecule has 26 heavy (non-hydrogen) atoms. The fourth-order valence-electron chi connectivity index (χ4n) is 2.24. The predicted molar refractivity (Wildman–Crippen MR) is 99.9 cm³/mol. The number of aromatic nitrogens is 2. The number of carbonyl (C=O) groups excluding carboxylic acids is 1. The zero-order chi connectivity index (χ0) is 18.8. The topological polar surface area (TPSA) is 115 Å². The second kappa shape index (κ2) is 10.2. The van der Waals surface area contributed by atoms with Crippen LogP contribution in [0, 0.1) is 0 Å². The van der Waals surface area contributed by atoms with Crippen LogP contribution in [0.3, 0.4) is 0 Å². The number of carbonyl (C=O) groups is 1. The summed E-state index contributed by atoms with van der Waals surface area (Å²) < 4.78 is 10.3. The Balaban J connectivity index is 2.10. The average Bonchev–Trinajstić information content (AvgIpc) is 2.68. The van der Waals surface area contributed by atoms with E-state index in [4.69, 9.17) is 15.2 Å². The van der Waals surface area contributed by atoms with E-state index < -0.39 is 0 Å². The molecule has 4 N–H and O–H groups in total. The number of amides is 1. The van der Waals surface area contributed by atoms with Crippen LogP contribution in [0.25, 0.3) is 0 Å². The van der Waals surface area contributed by atoms with Crippen molar-refractivity contribution in [3.05, 3.63) is 42.2 Å². The molecule has 1 aromatic heterocycles. The number of hydrazine groups is 1. The number of nitrogens with one attached hydrogen (secondary N) is 2. The fraction of sp³-hybridized carbons (Fsp3) is 0.353. The molecule has 0 aliphatic carbocycles. The molecule has 140 valence electrons. The Morgan fingerprint density at radius 3 is 2.38 bits per heavy atom. The molecular formula is C17H24N6O3. The van der Waals surface area contributed by atoms with Crippen molar-refractivity contribution in [3.63, 3.8) is 0 Å². The van der Waals surface area contributed by atoms with Gasteiger partial charge in [-0.1, -0.05) is 18.2 Å². The minimum Gasteiger partial charge on any atom is -0.393 e. The van der Waals surface area contributed by atoms with Crippen LogP contribution in [0.4, 0.5) is 17.3 Å². The highest BCUT2D eigenvalue weighted by Crippen LogP contribution is 2.25. The van der Waals surface area contributed by atoms with Crippen LogP contribution in [0.2, 0.25) is 0 Å². The lowest BCUT2D eigenvalue weighted by Crippen LogP contribution is -2.33. The number of nitrogens with two attached hydrogens (primary N) is 1. The largest absolute Gasteiger partial charge is 0.393 e. The van der Waals surface area contributed by atoms with Crippen molar-refractivity contribution in [3.8, 4) is 0 Å². The van der Waals surface area contributed by atoms with Gasteiger partial charge in [0.05, 0.1) is 13.2 Å². The molecule has 0 saturated carbocycles. The number of anilines is 3. The summed E-state index contributed by atoms with van der Waals surface area (Å²) in [5.41, 5.74) is 12.4. The lowest BCUT2D eigenvalue weighted by Gasteiger charge is -2.25. The molecule has 1 amide bonds. The summed E-state index contributed by atoms with van der Waals surface area (Å²) >= 11 is 0. The zero-order valence-electron chi connectivity index (χ0n) is 14.9. The van der Waals surface area contributed by atoms with E-state index in [1.54, 1.807) is 38.5 Å². The number of hydrogen-bond donors (Lipinski definition) is 3. The van der Waals surface area contributed by atoms with Crippen molar-refractivity contribution < 1.29 is 14.3 Å². The Morgan fingerprint density at radius 2 is 1.77 bits per heavy atom. The smallest absolute Gasteiger partial charge is 0.269 e. The van der Waals surface area contributed by atoms with Crippen LogP contribution < -0.4 is 21.5 Å². The van der Waals surface area contributed by atoms with Crippen molar-refractivity contribution >= 4 is 23.2 Å². The fourth-order valence-corrected chi connectivity index (χ4v) is 2.24. The molecule has 0 aliphatic heterocycles. The van der Waals surface area contributed by atoms with Crippen molar-refractivity contribution in [2.24, 2.45) is 0 Å². The van der Waals surface area contributed by atoms with Gasteiger partial charge in [-0.05, 0) is 12.1 Å². The van der Waals surface area contributed by atoms with Gasteiger partial charge in [-0.3, -0.25) is 15.6 Å². The summed E-state index contributed by atoms with van der Waals surface area (Å²) in [6.45, 7) is 2.22. The third-order valence-electron chi connectivity index (χ3n) is 3.62. The van der Waals surface area contributed by atoms with Crippen molar-refractivity contribution in [2.75, 3.05) is 56.6 Å². The highest BCUT2D eigenvalue weighted by atomic mass is 16.5. The molecule has 9 nitrogen and oxygen atoms in total. The van der Waals surface area contributed by atoms with Gasteiger partial charge in [0.25, 0.3) is 5.91 Å². The number of hydrogen-bond acceptors (Lipinski definition) is 8. The maximum atomic E-state index is 12.1. The van der Waals surface area contributed by atoms with Crippen LogP contribution in [-0.4, -0.2) is 56.4 Å². The van der Waals surface area contributed by atoms with E-state index in [2.05, 4.69) is 20.8 Å². The van der Waals surface area contributed by atoms with Gasteiger partial charge in [0.2, 0.25) is 0 Å². The molecule has 0 bridgehead atoms. The lowest BCUT2D eigenvalue weighted by atomic mass is 10.2. The quantitative estimate of drug-likeness (QED) is 0.536. The van der Waals surface area contributed by atoms with Gasteiger partial charge >= 0.3 is 0 Å². The summed E-state index contributed by atoms with van der Waals surface area (Å²) in [5.74, 6) is 0.574. The Morgan fingerprint density at radius 1 is 1.12 bits per heavy atom. The van der Waals surface area contributed by atoms with Gasteiger partial charge < -0.3 is 20.1 Å². The van der Waals surface area contributed by atoms with E-state index in [0.717, 1.165) is 0 Å². The highest BCUT2D eigenvalue weighted by Gasteiger charge is 2.15. The van der Waals surface area contributed by atoms with E-state index in [9.17, 15) is 4.79 Å². The van der Waals surface area contributed by atoms with Crippen molar-refractivity contribution in [1.29, 1.82) is 0 Å². The van der Waals surface area contributed by atoms with Crippen LogP contribution in [0.1, 0.15) is 10.4 Å². The first-order valence-corrected chi connectivity index (χ1v) is 8.12. The van der Waals surface area contributed by atoms with Gasteiger partial charge in [0.1, 0.15) is 12.0 Å². The highest BCUT2D eigenvalue weighted by molar-refractivity contribution is 5.95. The molecule has 0 unspecified atom stereocenters. The third-order valence-corrected chi connectivity index (χ3v) is 3.62. The number of rotatable bonds is 10. The van der Waals surface area contributed by atoms with Crippen molar-refractivity contribution in [2.45, 2.75) is 0 Å². The summed E-state index contributed by atoms with van der Waals surface area (Å²) in [6.07, 6.45) is 1.38. The molecule has 0 spiro atoms. The maximum absolute atomic E-state index is 12.1. The third kappa shape index (κ3) is 5.30. The van der Waals surface area contributed by atoms with E-state index in [1.807, 2.05) is 11.0 Å². The van der Waals surface area contributed by atoms with Crippen LogP contribution in [-0.2, 0) is 9.47 Å². The Hall–Kier alpha value is -2.91. The molecule has 9 heteroatoms. The lowest BCUT2D eigenvalue weighted by molar-refractivity contribution is 0.0962. The summed E-state index contributed by atoms with van der Waals surface area (Å²) in [7, 11) is 3.26. The van der Waals surface area contributed by atoms with E-state index in [1.165, 1.54) is 6.33 Å². The second-order valence-electron chi connectivity index (χ2n) is 5.38. The van der Waals surface area contributed by atoms with Crippen LogP contribution in [0.15, 0.2) is 36.7 Å². The number of nitrogens with zero attached hydrogens (tertiary/aromatic N) is 3. The first kappa shape index (κ1) is 19.4. The Bertz CT molecular complexity index is 690. The van der Waals surface area contributed by atoms with Crippen LogP contribution >= 0.6 is 0 Å². The molecule has 1 heterocycles. The number of methoxy groups -OCH3 is 2. The minimum atomic E-state index is -0.291. The van der Waals surface area contributed by atoms with Crippen LogP contribution in [0.5, 0.6) is 0 Å². The van der Waals surface area contributed by atoms with E-state index in [0.29, 0.717) is 49.2 Å². The average molecular weight is 360 g/mol. The summed E-state index contributed by atoms with van der Waals surface area (Å²) in [4.78, 5) is 22.4. The van der Waals surface area contributed by atoms with Gasteiger partial charge in [0, 0.05) is 32.9 Å². The SMILES string of the molecule is COCCN(CCOC)c1ncnc(NNC(=O)c2ccccc2)c1N. The molecule has 0 saturated heterocycles. The number of benzene rings is 1. The Labute approximate surface area is 152 Å². The molecule has 0 radical (unpaired) electrons. The zero-order valence-corrected chi connectivity index (χ0v) is 14.9. The van der Waals surface area contributed by atoms with Gasteiger partial charge in [-0.25, -0.2) is 9.97 Å². The molecular weight excluding hydrogens is 336 g/mol. The monoisotopic (exact) mass is 360 g/mol. The van der Waals surface area contributed by atoms with Gasteiger partial charge in [-0.15, -0.1) is 0 Å². The van der Waals surface area contributed by atoms with E-state index >= 15 is 0 Å².